The molecule has 1 aliphatic heterocycles. The zero-order valence-corrected chi connectivity index (χ0v) is 11.1. The Morgan fingerprint density at radius 2 is 2.16 bits per heavy atom. The number of amides is 1. The molecule has 1 fully saturated rings. The highest BCUT2D eigenvalue weighted by molar-refractivity contribution is 5.67. The van der Waals surface area contributed by atoms with Gasteiger partial charge in [0.25, 0.3) is 0 Å². The number of carbonyl (C=O) groups is 1. The number of carbonyl (C=O) groups excluding carboxylic acids is 1. The Morgan fingerprint density at radius 3 is 2.84 bits per heavy atom. The van der Waals surface area contributed by atoms with Crippen molar-refractivity contribution in [2.24, 2.45) is 0 Å². The van der Waals surface area contributed by atoms with E-state index in [0.29, 0.717) is 26.4 Å². The topological polar surface area (TPSA) is 48.0 Å². The van der Waals surface area contributed by atoms with E-state index in [1.54, 1.807) is 7.05 Å². The van der Waals surface area contributed by atoms with Crippen molar-refractivity contribution < 1.29 is 19.0 Å². The van der Waals surface area contributed by atoms with Crippen LogP contribution in [0.3, 0.4) is 0 Å². The lowest BCUT2D eigenvalue weighted by Gasteiger charge is -2.27. The molecule has 1 aliphatic rings. The van der Waals surface area contributed by atoms with Crippen molar-refractivity contribution >= 4 is 6.09 Å². The molecular formula is C14H19NO4. The summed E-state index contributed by atoms with van der Waals surface area (Å²) in [5, 5.41) is 0. The Bertz CT molecular complexity index is 390. The highest BCUT2D eigenvalue weighted by Crippen LogP contribution is 2.06. The molecule has 0 bridgehead atoms. The summed E-state index contributed by atoms with van der Waals surface area (Å²) in [5.41, 5.74) is 0.974. The van der Waals surface area contributed by atoms with E-state index >= 15 is 0 Å². The maximum atomic E-state index is 11.8. The molecule has 2 rings (SSSR count). The van der Waals surface area contributed by atoms with Gasteiger partial charge in [0.15, 0.2) is 0 Å². The van der Waals surface area contributed by atoms with Crippen LogP contribution in [-0.4, -0.2) is 50.5 Å². The van der Waals surface area contributed by atoms with Gasteiger partial charge >= 0.3 is 6.09 Å². The van der Waals surface area contributed by atoms with E-state index in [0.717, 1.165) is 5.56 Å². The number of nitrogens with zero attached hydrogens (tertiary/aromatic N) is 1. The highest BCUT2D eigenvalue weighted by Gasteiger charge is 2.19. The molecule has 1 aromatic carbocycles. The monoisotopic (exact) mass is 265 g/mol. The molecule has 1 heterocycles. The van der Waals surface area contributed by atoms with E-state index in [1.165, 1.54) is 4.90 Å². The summed E-state index contributed by atoms with van der Waals surface area (Å²) in [5.74, 6) is 0. The van der Waals surface area contributed by atoms with Crippen LogP contribution in [0.15, 0.2) is 30.3 Å². The largest absolute Gasteiger partial charge is 0.445 e. The molecule has 1 atom stereocenters. The molecule has 0 radical (unpaired) electrons. The first-order chi connectivity index (χ1) is 9.25. The van der Waals surface area contributed by atoms with E-state index in [1.807, 2.05) is 30.3 Å². The molecule has 1 aromatic rings. The van der Waals surface area contributed by atoms with Crippen LogP contribution in [0.1, 0.15) is 5.56 Å². The van der Waals surface area contributed by atoms with Crippen LogP contribution in [0.5, 0.6) is 0 Å². The van der Waals surface area contributed by atoms with Crippen molar-refractivity contribution in [2.45, 2.75) is 12.7 Å². The van der Waals surface area contributed by atoms with Crippen molar-refractivity contribution in [1.29, 1.82) is 0 Å². The summed E-state index contributed by atoms with van der Waals surface area (Å²) < 4.78 is 16.0. The first-order valence-corrected chi connectivity index (χ1v) is 6.37. The van der Waals surface area contributed by atoms with Gasteiger partial charge < -0.3 is 19.1 Å². The van der Waals surface area contributed by atoms with Crippen LogP contribution in [-0.2, 0) is 20.8 Å². The standard InChI is InChI=1S/C14H19NO4/c1-15(9-13-11-17-7-8-18-13)14(16)19-10-12-5-3-2-4-6-12/h2-6,13H,7-11H2,1H3. The summed E-state index contributed by atoms with van der Waals surface area (Å²) in [6, 6.07) is 9.61. The third-order valence-electron chi connectivity index (χ3n) is 2.88. The fourth-order valence-electron chi connectivity index (χ4n) is 1.85. The fraction of sp³-hybridized carbons (Fsp3) is 0.500. The summed E-state index contributed by atoms with van der Waals surface area (Å²) in [6.45, 7) is 2.49. The van der Waals surface area contributed by atoms with Crippen molar-refractivity contribution in [3.63, 3.8) is 0 Å². The smallest absolute Gasteiger partial charge is 0.409 e. The van der Waals surface area contributed by atoms with E-state index in [9.17, 15) is 4.79 Å². The van der Waals surface area contributed by atoms with Gasteiger partial charge in [-0.1, -0.05) is 30.3 Å². The number of ether oxygens (including phenoxy) is 3. The van der Waals surface area contributed by atoms with E-state index in [-0.39, 0.29) is 18.8 Å². The Hall–Kier alpha value is -1.59. The van der Waals surface area contributed by atoms with Gasteiger partial charge in [-0.05, 0) is 5.56 Å². The van der Waals surface area contributed by atoms with Crippen molar-refractivity contribution in [3.05, 3.63) is 35.9 Å². The van der Waals surface area contributed by atoms with Crippen LogP contribution >= 0.6 is 0 Å². The molecule has 0 aliphatic carbocycles. The van der Waals surface area contributed by atoms with E-state index < -0.39 is 0 Å². The molecule has 5 heteroatoms. The molecule has 0 spiro atoms. The number of rotatable bonds is 4. The first kappa shape index (κ1) is 13.8. The van der Waals surface area contributed by atoms with Gasteiger partial charge in [-0.3, -0.25) is 0 Å². The number of hydrogen-bond donors (Lipinski definition) is 0. The van der Waals surface area contributed by atoms with Crippen molar-refractivity contribution in [3.8, 4) is 0 Å². The second kappa shape index (κ2) is 7.11. The van der Waals surface area contributed by atoms with Crippen LogP contribution in [0, 0.1) is 0 Å². The number of likely N-dealkylation sites (N-methyl/N-ethyl adjacent to an activating group) is 1. The summed E-state index contributed by atoms with van der Waals surface area (Å²) in [7, 11) is 1.70. The Labute approximate surface area is 113 Å². The molecule has 19 heavy (non-hydrogen) atoms. The van der Waals surface area contributed by atoms with Crippen molar-refractivity contribution in [1.82, 2.24) is 4.90 Å². The minimum atomic E-state index is -0.349. The minimum absolute atomic E-state index is 0.0666. The molecule has 0 N–H and O–H groups in total. The summed E-state index contributed by atoms with van der Waals surface area (Å²) >= 11 is 0. The van der Waals surface area contributed by atoms with Gasteiger partial charge in [-0.25, -0.2) is 4.79 Å². The Kier molecular flexibility index (Phi) is 5.18. The third-order valence-corrected chi connectivity index (χ3v) is 2.88. The van der Waals surface area contributed by atoms with Crippen LogP contribution in [0.2, 0.25) is 0 Å². The normalized spacial score (nSPS) is 18.9. The van der Waals surface area contributed by atoms with Gasteiger partial charge in [0.05, 0.1) is 32.5 Å². The summed E-state index contributed by atoms with van der Waals surface area (Å²) in [4.78, 5) is 13.3. The SMILES string of the molecule is CN(CC1COCCO1)C(=O)OCc1ccccc1. The Morgan fingerprint density at radius 1 is 1.37 bits per heavy atom. The van der Waals surface area contributed by atoms with E-state index in [4.69, 9.17) is 14.2 Å². The molecule has 0 saturated carbocycles. The maximum Gasteiger partial charge on any atom is 0.409 e. The number of benzene rings is 1. The molecule has 104 valence electrons. The lowest BCUT2D eigenvalue weighted by atomic mass is 10.2. The second-order valence-corrected chi connectivity index (χ2v) is 4.49. The quantitative estimate of drug-likeness (QED) is 0.831. The van der Waals surface area contributed by atoms with Gasteiger partial charge in [0.2, 0.25) is 0 Å². The minimum Gasteiger partial charge on any atom is -0.445 e. The average molecular weight is 265 g/mol. The molecule has 1 saturated heterocycles. The van der Waals surface area contributed by atoms with Gasteiger partial charge in [-0.15, -0.1) is 0 Å². The highest BCUT2D eigenvalue weighted by atomic mass is 16.6. The van der Waals surface area contributed by atoms with Gasteiger partial charge in [0.1, 0.15) is 6.61 Å². The molecule has 1 amide bonds. The lowest BCUT2D eigenvalue weighted by molar-refractivity contribution is -0.0945. The predicted octanol–water partition coefficient (Wildman–Crippen LogP) is 1.67. The zero-order chi connectivity index (χ0) is 13.5. The Balaban J connectivity index is 1.72. The average Bonchev–Trinajstić information content (AvgIpc) is 2.47. The molecule has 0 aromatic heterocycles. The summed E-state index contributed by atoms with van der Waals surface area (Å²) in [6.07, 6.45) is -0.416. The fourth-order valence-corrected chi connectivity index (χ4v) is 1.85. The van der Waals surface area contributed by atoms with Crippen LogP contribution in [0.4, 0.5) is 4.79 Å². The second-order valence-electron chi connectivity index (χ2n) is 4.49. The zero-order valence-electron chi connectivity index (χ0n) is 11.1. The molecule has 5 nitrogen and oxygen atoms in total. The van der Waals surface area contributed by atoms with E-state index in [2.05, 4.69) is 0 Å². The predicted molar refractivity (Wildman–Crippen MR) is 69.8 cm³/mol. The lowest BCUT2D eigenvalue weighted by Crippen LogP contribution is -2.41. The van der Waals surface area contributed by atoms with Crippen molar-refractivity contribution in [2.75, 3.05) is 33.4 Å². The number of hydrogen-bond acceptors (Lipinski definition) is 4. The van der Waals surface area contributed by atoms with Crippen LogP contribution in [0.25, 0.3) is 0 Å². The molecule has 1 unspecified atom stereocenters. The maximum absolute atomic E-state index is 11.8. The van der Waals surface area contributed by atoms with Crippen LogP contribution < -0.4 is 0 Å². The molecular weight excluding hydrogens is 246 g/mol. The third kappa shape index (κ3) is 4.54. The van der Waals surface area contributed by atoms with Gasteiger partial charge in [0, 0.05) is 7.05 Å². The van der Waals surface area contributed by atoms with Gasteiger partial charge in [-0.2, -0.15) is 0 Å². The first-order valence-electron chi connectivity index (χ1n) is 6.37.